The third kappa shape index (κ3) is 5.06. The minimum atomic E-state index is -5.54. The van der Waals surface area contributed by atoms with E-state index in [4.69, 9.17) is 15.8 Å². The van der Waals surface area contributed by atoms with Crippen LogP contribution in [0.5, 0.6) is 0 Å². The van der Waals surface area contributed by atoms with Crippen molar-refractivity contribution in [1.82, 2.24) is 0 Å². The molecular formula is C22H4F9N5. The lowest BCUT2D eigenvalue weighted by atomic mass is 9.91. The van der Waals surface area contributed by atoms with Gasteiger partial charge in [0.1, 0.15) is 29.8 Å². The average molecular weight is 509 g/mol. The predicted octanol–water partition coefficient (Wildman–Crippen LogP) is 4.41. The quantitative estimate of drug-likeness (QED) is 0.528. The molecule has 0 aromatic heterocycles. The first-order valence-corrected chi connectivity index (χ1v) is 8.88. The highest BCUT2D eigenvalue weighted by atomic mass is 19.4. The second-order valence-electron chi connectivity index (χ2n) is 6.69. The van der Waals surface area contributed by atoms with Crippen molar-refractivity contribution in [1.29, 1.82) is 26.3 Å². The van der Waals surface area contributed by atoms with Gasteiger partial charge in [-0.25, -0.2) is 0 Å². The lowest BCUT2D eigenvalue weighted by molar-refractivity contribution is -0.143. The molecule has 2 rings (SSSR count). The summed E-state index contributed by atoms with van der Waals surface area (Å²) < 4.78 is 122. The average Bonchev–Trinajstić information content (AvgIpc) is 2.78. The maximum atomic E-state index is 13.7. The van der Waals surface area contributed by atoms with Crippen molar-refractivity contribution in [2.45, 2.75) is 18.5 Å². The molecule has 2 aromatic rings. The molecule has 0 fully saturated rings. The summed E-state index contributed by atoms with van der Waals surface area (Å²) >= 11 is 0. The summed E-state index contributed by atoms with van der Waals surface area (Å²) in [6.07, 6.45) is -16.4. The number of rotatable bonds is 1. The summed E-state index contributed by atoms with van der Waals surface area (Å²) in [5.41, 5.74) is -12.1. The number of nitriles is 5. The Morgan fingerprint density at radius 2 is 1.03 bits per heavy atom. The third-order valence-corrected chi connectivity index (χ3v) is 4.61. The second kappa shape index (κ2) is 9.33. The molecule has 0 atom stereocenters. The largest absolute Gasteiger partial charge is 0.417 e. The van der Waals surface area contributed by atoms with Crippen LogP contribution in [0.1, 0.15) is 33.4 Å². The first-order chi connectivity index (χ1) is 16.5. The molecule has 0 aliphatic carbocycles. The van der Waals surface area contributed by atoms with Crippen molar-refractivity contribution < 1.29 is 39.5 Å². The number of alkyl halides is 9. The molecule has 0 aliphatic rings. The van der Waals surface area contributed by atoms with Crippen LogP contribution in [0, 0.1) is 56.7 Å². The molecular weight excluding hydrogens is 505 g/mol. The smallest absolute Gasteiger partial charge is 0.192 e. The number of hydrogen-bond acceptors (Lipinski definition) is 5. The Kier molecular flexibility index (Phi) is 7.06. The Morgan fingerprint density at radius 1 is 0.556 bits per heavy atom. The Hall–Kier alpha value is -5.00. The molecule has 0 saturated carbocycles. The minimum absolute atomic E-state index is 0.0310. The van der Waals surface area contributed by atoms with E-state index in [-0.39, 0.29) is 18.2 Å². The van der Waals surface area contributed by atoms with Crippen LogP contribution >= 0.6 is 0 Å². The summed E-state index contributed by atoms with van der Waals surface area (Å²) in [7, 11) is 0. The molecule has 0 amide bonds. The summed E-state index contributed by atoms with van der Waals surface area (Å²) in [6, 6.07) is 6.08. The first kappa shape index (κ1) is 27.2. The fourth-order valence-electron chi connectivity index (χ4n) is 3.12. The topological polar surface area (TPSA) is 119 Å². The van der Waals surface area contributed by atoms with E-state index in [1.165, 1.54) is 24.3 Å². The van der Waals surface area contributed by atoms with Gasteiger partial charge in [0.2, 0.25) is 0 Å². The second-order valence-corrected chi connectivity index (χ2v) is 6.69. The number of hydrogen-bond donors (Lipinski definition) is 0. The molecule has 0 N–H and O–H groups in total. The van der Waals surface area contributed by atoms with E-state index in [0.717, 1.165) is 6.07 Å². The van der Waals surface area contributed by atoms with Gasteiger partial charge in [-0.2, -0.15) is 65.8 Å². The zero-order valence-corrected chi connectivity index (χ0v) is 16.9. The molecule has 0 bridgehead atoms. The van der Waals surface area contributed by atoms with Gasteiger partial charge in [0.15, 0.2) is 0 Å². The van der Waals surface area contributed by atoms with Crippen molar-refractivity contribution in [2.24, 2.45) is 0 Å². The lowest BCUT2D eigenvalue weighted by Gasteiger charge is -2.17. The van der Waals surface area contributed by atoms with Gasteiger partial charge in [-0.15, -0.1) is 0 Å². The zero-order chi connectivity index (χ0) is 27.6. The van der Waals surface area contributed by atoms with E-state index in [1.807, 2.05) is 0 Å². The molecule has 14 heteroatoms. The number of nitrogens with zero attached hydrogens (tertiary/aromatic N) is 5. The van der Waals surface area contributed by atoms with Crippen LogP contribution in [0.25, 0.3) is 11.1 Å². The van der Waals surface area contributed by atoms with Crippen LogP contribution < -0.4 is 10.4 Å². The van der Waals surface area contributed by atoms with Crippen LogP contribution in [-0.2, 0) is 18.5 Å². The highest BCUT2D eigenvalue weighted by molar-refractivity contribution is 5.80. The van der Waals surface area contributed by atoms with E-state index in [2.05, 4.69) is 0 Å². The van der Waals surface area contributed by atoms with Crippen LogP contribution in [0.15, 0.2) is 24.3 Å². The van der Waals surface area contributed by atoms with Crippen LogP contribution in [0.4, 0.5) is 39.5 Å². The highest BCUT2D eigenvalue weighted by Crippen LogP contribution is 2.41. The van der Waals surface area contributed by atoms with Gasteiger partial charge in [-0.3, -0.25) is 0 Å². The van der Waals surface area contributed by atoms with E-state index < -0.39 is 73.5 Å². The van der Waals surface area contributed by atoms with Crippen LogP contribution in [0.2, 0.25) is 0 Å². The van der Waals surface area contributed by atoms with E-state index in [0.29, 0.717) is 6.07 Å². The van der Waals surface area contributed by atoms with Crippen LogP contribution in [-0.4, -0.2) is 0 Å². The molecule has 0 saturated heterocycles. The maximum Gasteiger partial charge on any atom is 0.417 e. The molecule has 0 spiro atoms. The molecule has 180 valence electrons. The summed E-state index contributed by atoms with van der Waals surface area (Å²) in [6.45, 7) is 0. The highest BCUT2D eigenvalue weighted by Gasteiger charge is 2.42. The van der Waals surface area contributed by atoms with E-state index in [9.17, 15) is 50.0 Å². The Bertz CT molecular complexity index is 1540. The van der Waals surface area contributed by atoms with Crippen molar-refractivity contribution in [3.05, 3.63) is 68.1 Å². The van der Waals surface area contributed by atoms with Gasteiger partial charge >= 0.3 is 18.5 Å². The minimum Gasteiger partial charge on any atom is -0.192 e. The van der Waals surface area contributed by atoms with Crippen molar-refractivity contribution in [2.75, 3.05) is 0 Å². The van der Waals surface area contributed by atoms with Gasteiger partial charge < -0.3 is 0 Å². The van der Waals surface area contributed by atoms with Crippen LogP contribution in [0.3, 0.4) is 0 Å². The molecule has 0 heterocycles. The van der Waals surface area contributed by atoms with E-state index >= 15 is 0 Å². The lowest BCUT2D eigenvalue weighted by Crippen LogP contribution is -2.28. The SMILES string of the molecule is N#CC(C#N)=c1cc(C#N)/c(=C(/C#N)c2cc(C(F)(F)F)c(C#N)c(C(F)(F)F)c2)cc1C(F)(F)F. The van der Waals surface area contributed by atoms with Gasteiger partial charge in [-0.05, 0) is 29.8 Å². The number of benzene rings is 2. The van der Waals surface area contributed by atoms with Crippen molar-refractivity contribution in [3.8, 4) is 30.3 Å². The summed E-state index contributed by atoms with van der Waals surface area (Å²) in [5.74, 6) is 0. The maximum absolute atomic E-state index is 13.7. The molecule has 0 aliphatic heterocycles. The number of halogens is 9. The van der Waals surface area contributed by atoms with Crippen molar-refractivity contribution >= 4 is 11.1 Å². The Balaban J connectivity index is 3.31. The molecule has 2 aromatic carbocycles. The van der Waals surface area contributed by atoms with Gasteiger partial charge in [0, 0.05) is 10.4 Å². The zero-order valence-electron chi connectivity index (χ0n) is 16.9. The molecule has 0 radical (unpaired) electrons. The molecule has 0 unspecified atom stereocenters. The third-order valence-electron chi connectivity index (χ3n) is 4.61. The fraction of sp³-hybridized carbons (Fsp3) is 0.136. The first-order valence-electron chi connectivity index (χ1n) is 8.88. The Labute approximate surface area is 194 Å². The monoisotopic (exact) mass is 509 g/mol. The molecule has 5 nitrogen and oxygen atoms in total. The van der Waals surface area contributed by atoms with Gasteiger partial charge in [-0.1, -0.05) is 0 Å². The normalized spacial score (nSPS) is 12.3. The standard InChI is InChI=1S/C22H4F9N5/c23-20(24,25)17-2-10(3-18(16(17)9-36)21(26,27)28)15(8-35)13-4-19(22(29,30)31)14(1-11(13)5-32)12(6-33)7-34/h1-4H/b15-13-. The summed E-state index contributed by atoms with van der Waals surface area (Å²) in [5, 5.41) is 43.6. The predicted molar refractivity (Wildman–Crippen MR) is 99.3 cm³/mol. The summed E-state index contributed by atoms with van der Waals surface area (Å²) in [4.78, 5) is 0. The van der Waals surface area contributed by atoms with Gasteiger partial charge in [0.25, 0.3) is 0 Å². The van der Waals surface area contributed by atoms with Crippen molar-refractivity contribution in [3.63, 3.8) is 0 Å². The fourth-order valence-corrected chi connectivity index (χ4v) is 3.12. The Morgan fingerprint density at radius 3 is 1.36 bits per heavy atom. The molecule has 36 heavy (non-hydrogen) atoms. The van der Waals surface area contributed by atoms with Gasteiger partial charge in [0.05, 0.1) is 39.5 Å². The van der Waals surface area contributed by atoms with E-state index in [1.54, 1.807) is 0 Å².